The number of furan rings is 1. The molecule has 32 heavy (non-hydrogen) atoms. The molecule has 0 bridgehead atoms. The predicted molar refractivity (Wildman–Crippen MR) is 123 cm³/mol. The van der Waals surface area contributed by atoms with E-state index in [4.69, 9.17) is 4.42 Å². The number of aliphatic hydroxyl groups excluding tert-OH is 1. The van der Waals surface area contributed by atoms with E-state index >= 15 is 0 Å². The molecule has 1 aliphatic heterocycles. The van der Waals surface area contributed by atoms with E-state index in [9.17, 15) is 14.7 Å². The molecular formula is C22H15N3O4S3. The predicted octanol–water partition coefficient (Wildman–Crippen LogP) is 5.27. The number of carbonyl (C=O) groups excluding carboxylic acids is 2. The lowest BCUT2D eigenvalue weighted by Gasteiger charge is -2.21. The summed E-state index contributed by atoms with van der Waals surface area (Å²) in [6, 6.07) is 15.8. The highest BCUT2D eigenvalue weighted by atomic mass is 32.2. The molecule has 1 aliphatic rings. The normalized spacial score (nSPS) is 16.2. The molecule has 1 amide bonds. The van der Waals surface area contributed by atoms with E-state index in [1.807, 2.05) is 30.3 Å². The van der Waals surface area contributed by atoms with Crippen molar-refractivity contribution in [2.45, 2.75) is 16.1 Å². The maximum Gasteiger partial charge on any atom is 0.296 e. The lowest BCUT2D eigenvalue weighted by Crippen LogP contribution is -2.30. The third kappa shape index (κ3) is 3.77. The highest BCUT2D eigenvalue weighted by molar-refractivity contribution is 8.00. The summed E-state index contributed by atoms with van der Waals surface area (Å²) in [5.41, 5.74) is 1.11. The van der Waals surface area contributed by atoms with Crippen LogP contribution in [0.2, 0.25) is 0 Å². The standard InChI is InChI=1S/C22H15N3O4S3/c26-18(15-9-5-11-30-15)16-17(14-8-4-10-29-14)25(20(28)19(16)27)21-23-24-22(32-21)31-12-13-6-2-1-3-7-13/h1-11,17,27H,12H2/t17-/m1/s1. The van der Waals surface area contributed by atoms with Gasteiger partial charge in [0, 0.05) is 5.75 Å². The highest BCUT2D eigenvalue weighted by Crippen LogP contribution is 2.44. The molecule has 0 saturated carbocycles. The molecule has 4 aromatic rings. The van der Waals surface area contributed by atoms with Crippen LogP contribution >= 0.6 is 34.4 Å². The highest BCUT2D eigenvalue weighted by Gasteiger charge is 2.47. The van der Waals surface area contributed by atoms with Crippen molar-refractivity contribution in [1.29, 1.82) is 0 Å². The van der Waals surface area contributed by atoms with Crippen molar-refractivity contribution in [2.75, 3.05) is 4.90 Å². The summed E-state index contributed by atoms with van der Waals surface area (Å²) in [4.78, 5) is 27.9. The van der Waals surface area contributed by atoms with Crippen LogP contribution < -0.4 is 4.90 Å². The van der Waals surface area contributed by atoms with E-state index in [1.54, 1.807) is 29.6 Å². The van der Waals surface area contributed by atoms with Crippen LogP contribution in [0.4, 0.5) is 5.13 Å². The Kier molecular flexibility index (Phi) is 5.64. The zero-order valence-corrected chi connectivity index (χ0v) is 18.8. The van der Waals surface area contributed by atoms with Crippen molar-refractivity contribution < 1.29 is 19.1 Å². The molecule has 4 heterocycles. The largest absolute Gasteiger partial charge is 0.503 e. The quantitative estimate of drug-likeness (QED) is 0.218. The number of anilines is 1. The van der Waals surface area contributed by atoms with Crippen molar-refractivity contribution in [2.24, 2.45) is 0 Å². The van der Waals surface area contributed by atoms with E-state index < -0.39 is 23.5 Å². The van der Waals surface area contributed by atoms with Gasteiger partial charge >= 0.3 is 0 Å². The number of hydrogen-bond acceptors (Lipinski definition) is 9. The SMILES string of the molecule is O=C(C1=C(O)C(=O)N(c2nnc(SCc3ccccc3)s2)[C@@H]1c1ccco1)c1cccs1. The van der Waals surface area contributed by atoms with E-state index in [0.717, 1.165) is 5.56 Å². The molecule has 0 radical (unpaired) electrons. The summed E-state index contributed by atoms with van der Waals surface area (Å²) in [5, 5.41) is 21.1. The summed E-state index contributed by atoms with van der Waals surface area (Å²) >= 11 is 3.97. The Labute approximate surface area is 195 Å². The van der Waals surface area contributed by atoms with Gasteiger partial charge in [-0.3, -0.25) is 14.5 Å². The number of rotatable bonds is 7. The van der Waals surface area contributed by atoms with Crippen LogP contribution in [0.25, 0.3) is 0 Å². The molecular weight excluding hydrogens is 466 g/mol. The molecule has 0 saturated heterocycles. The minimum absolute atomic E-state index is 0.0268. The molecule has 10 heteroatoms. The molecule has 0 aliphatic carbocycles. The van der Waals surface area contributed by atoms with Crippen LogP contribution in [0.5, 0.6) is 0 Å². The molecule has 1 N–H and O–H groups in total. The third-order valence-corrected chi connectivity index (χ3v) is 7.81. The average Bonchev–Trinajstić information content (AvgIpc) is 3.61. The van der Waals surface area contributed by atoms with Crippen molar-refractivity contribution >= 4 is 51.3 Å². The van der Waals surface area contributed by atoms with Gasteiger partial charge in [0.15, 0.2) is 10.1 Å². The lowest BCUT2D eigenvalue weighted by atomic mass is 10.0. The van der Waals surface area contributed by atoms with Crippen molar-refractivity contribution in [3.63, 3.8) is 0 Å². The number of amides is 1. The Morgan fingerprint density at radius 1 is 1.12 bits per heavy atom. The molecule has 5 rings (SSSR count). The fourth-order valence-corrected chi connectivity index (χ4v) is 5.87. The van der Waals surface area contributed by atoms with Gasteiger partial charge in [-0.2, -0.15) is 0 Å². The maximum absolute atomic E-state index is 13.1. The minimum atomic E-state index is -0.924. The van der Waals surface area contributed by atoms with Gasteiger partial charge in [-0.05, 0) is 29.1 Å². The Morgan fingerprint density at radius 3 is 2.69 bits per heavy atom. The van der Waals surface area contributed by atoms with E-state index in [1.165, 1.54) is 45.6 Å². The number of Topliss-reactive ketones (excluding diaryl/α,β-unsaturated/α-hetero) is 1. The summed E-state index contributed by atoms with van der Waals surface area (Å²) in [5.74, 6) is -0.661. The topological polar surface area (TPSA) is 96.5 Å². The first-order valence-corrected chi connectivity index (χ1v) is 12.2. The van der Waals surface area contributed by atoms with Crippen molar-refractivity contribution in [3.05, 3.63) is 93.8 Å². The molecule has 1 aromatic carbocycles. The van der Waals surface area contributed by atoms with Gasteiger partial charge in [0.25, 0.3) is 5.91 Å². The Hall–Kier alpha value is -3.21. The number of ketones is 1. The van der Waals surface area contributed by atoms with E-state index in [0.29, 0.717) is 20.7 Å². The third-order valence-electron chi connectivity index (χ3n) is 4.82. The number of nitrogens with zero attached hydrogens (tertiary/aromatic N) is 3. The zero-order valence-electron chi connectivity index (χ0n) is 16.4. The molecule has 0 fully saturated rings. The van der Waals surface area contributed by atoms with Crippen LogP contribution in [0.15, 0.2) is 86.3 Å². The number of carbonyl (C=O) groups is 2. The number of hydrogen-bond donors (Lipinski definition) is 1. The minimum Gasteiger partial charge on any atom is -0.503 e. The van der Waals surface area contributed by atoms with Crippen LogP contribution in [-0.4, -0.2) is 27.0 Å². The van der Waals surface area contributed by atoms with Crippen LogP contribution in [-0.2, 0) is 10.5 Å². The Morgan fingerprint density at radius 2 is 1.97 bits per heavy atom. The molecule has 0 spiro atoms. The number of aliphatic hydroxyl groups is 1. The molecule has 1 atom stereocenters. The first kappa shape index (κ1) is 20.7. The Balaban J connectivity index is 1.47. The average molecular weight is 482 g/mol. The summed E-state index contributed by atoms with van der Waals surface area (Å²) in [6.07, 6.45) is 1.46. The molecule has 3 aromatic heterocycles. The monoisotopic (exact) mass is 481 g/mol. The smallest absolute Gasteiger partial charge is 0.296 e. The molecule has 160 valence electrons. The maximum atomic E-state index is 13.1. The van der Waals surface area contributed by atoms with Crippen LogP contribution in [0.1, 0.15) is 27.0 Å². The molecule has 7 nitrogen and oxygen atoms in total. The van der Waals surface area contributed by atoms with Gasteiger partial charge in [-0.25, -0.2) is 0 Å². The zero-order chi connectivity index (χ0) is 22.1. The van der Waals surface area contributed by atoms with Crippen LogP contribution in [0.3, 0.4) is 0 Å². The first-order chi connectivity index (χ1) is 15.6. The van der Waals surface area contributed by atoms with Crippen molar-refractivity contribution in [1.82, 2.24) is 10.2 Å². The van der Waals surface area contributed by atoms with Gasteiger partial charge in [0.1, 0.15) is 11.8 Å². The van der Waals surface area contributed by atoms with Gasteiger partial charge in [0.2, 0.25) is 10.9 Å². The number of thioether (sulfide) groups is 1. The second-order valence-electron chi connectivity index (χ2n) is 6.79. The van der Waals surface area contributed by atoms with Gasteiger partial charge in [0.05, 0.1) is 16.7 Å². The fraction of sp³-hybridized carbons (Fsp3) is 0.0909. The second kappa shape index (κ2) is 8.73. The van der Waals surface area contributed by atoms with Crippen LogP contribution in [0, 0.1) is 0 Å². The van der Waals surface area contributed by atoms with E-state index in [2.05, 4.69) is 10.2 Å². The van der Waals surface area contributed by atoms with Gasteiger partial charge in [-0.15, -0.1) is 21.5 Å². The lowest BCUT2D eigenvalue weighted by molar-refractivity contribution is -0.117. The number of thiophene rings is 1. The summed E-state index contributed by atoms with van der Waals surface area (Å²) < 4.78 is 6.21. The fourth-order valence-electron chi connectivity index (χ4n) is 3.37. The number of aromatic nitrogens is 2. The summed E-state index contributed by atoms with van der Waals surface area (Å²) in [6.45, 7) is 0. The van der Waals surface area contributed by atoms with Gasteiger partial charge in [-0.1, -0.05) is 59.5 Å². The van der Waals surface area contributed by atoms with E-state index in [-0.39, 0.29) is 10.7 Å². The number of benzene rings is 1. The molecule has 0 unspecified atom stereocenters. The second-order valence-corrected chi connectivity index (χ2v) is 9.91. The summed E-state index contributed by atoms with van der Waals surface area (Å²) in [7, 11) is 0. The Bertz CT molecular complexity index is 1280. The first-order valence-electron chi connectivity index (χ1n) is 9.52. The van der Waals surface area contributed by atoms with Crippen molar-refractivity contribution in [3.8, 4) is 0 Å². The van der Waals surface area contributed by atoms with Gasteiger partial charge < -0.3 is 9.52 Å².